The smallest absolute Gasteiger partial charge is 0.264 e. The highest BCUT2D eigenvalue weighted by Crippen LogP contribution is 2.29. The van der Waals surface area contributed by atoms with E-state index in [1.165, 1.54) is 17.3 Å². The van der Waals surface area contributed by atoms with Gasteiger partial charge in [-0.25, -0.2) is 4.99 Å². The summed E-state index contributed by atoms with van der Waals surface area (Å²) in [7, 11) is 0. The van der Waals surface area contributed by atoms with Crippen molar-refractivity contribution in [3.05, 3.63) is 69.6 Å². The van der Waals surface area contributed by atoms with Crippen molar-refractivity contribution in [3.63, 3.8) is 0 Å². The molecular weight excluding hydrogens is 328 g/mol. The van der Waals surface area contributed by atoms with Crippen molar-refractivity contribution < 1.29 is 4.79 Å². The molecule has 1 aliphatic rings. The number of carbonyl (C=O) groups excluding carboxylic acids is 1. The van der Waals surface area contributed by atoms with E-state index in [2.05, 4.69) is 54.5 Å². The number of amides is 1. The van der Waals surface area contributed by atoms with Crippen LogP contribution in [0.4, 0.5) is 5.69 Å². The van der Waals surface area contributed by atoms with Crippen molar-refractivity contribution >= 4 is 34.6 Å². The van der Waals surface area contributed by atoms with Gasteiger partial charge in [-0.2, -0.15) is 0 Å². The number of amidine groups is 1. The molecule has 2 aromatic carbocycles. The first-order chi connectivity index (χ1) is 11.9. The molecule has 3 nitrogen and oxygen atoms in total. The lowest BCUT2D eigenvalue weighted by Crippen LogP contribution is -2.19. The van der Waals surface area contributed by atoms with E-state index in [-0.39, 0.29) is 5.91 Å². The molecule has 0 atom stereocenters. The molecule has 0 radical (unpaired) electrons. The zero-order chi connectivity index (χ0) is 18.0. The van der Waals surface area contributed by atoms with Crippen LogP contribution in [0.1, 0.15) is 42.0 Å². The lowest BCUT2D eigenvalue weighted by Gasteiger charge is -2.04. The van der Waals surface area contributed by atoms with Crippen molar-refractivity contribution in [1.29, 1.82) is 0 Å². The standard InChI is InChI=1S/C21H22N2OS/c1-13(2)17-7-5-16(6-8-17)12-19-20(24)23-21(25-19)22-18-10-14(3)9-15(4)11-18/h5-13H,1-4H3,(H,22,23,24). The summed E-state index contributed by atoms with van der Waals surface area (Å²) < 4.78 is 0. The summed E-state index contributed by atoms with van der Waals surface area (Å²) in [6.07, 6.45) is 1.91. The third-order valence-electron chi connectivity index (χ3n) is 3.99. The third-order valence-corrected chi connectivity index (χ3v) is 4.90. The summed E-state index contributed by atoms with van der Waals surface area (Å²) in [5, 5.41) is 3.47. The molecule has 0 aliphatic carbocycles. The maximum Gasteiger partial charge on any atom is 0.264 e. The molecule has 1 N–H and O–H groups in total. The average molecular weight is 350 g/mol. The Morgan fingerprint density at radius 2 is 1.68 bits per heavy atom. The van der Waals surface area contributed by atoms with E-state index in [0.717, 1.165) is 22.4 Å². The van der Waals surface area contributed by atoms with Crippen LogP contribution in [0, 0.1) is 13.8 Å². The largest absolute Gasteiger partial charge is 0.300 e. The number of aliphatic imine (C=N–C) groups is 1. The van der Waals surface area contributed by atoms with Gasteiger partial charge in [0, 0.05) is 0 Å². The quantitative estimate of drug-likeness (QED) is 0.761. The van der Waals surface area contributed by atoms with Gasteiger partial charge < -0.3 is 5.32 Å². The van der Waals surface area contributed by atoms with Gasteiger partial charge in [0.2, 0.25) is 0 Å². The molecule has 1 amide bonds. The summed E-state index contributed by atoms with van der Waals surface area (Å²) >= 11 is 1.38. The topological polar surface area (TPSA) is 41.5 Å². The second-order valence-electron chi connectivity index (χ2n) is 6.65. The Morgan fingerprint density at radius 1 is 1.04 bits per heavy atom. The second-order valence-corrected chi connectivity index (χ2v) is 7.68. The summed E-state index contributed by atoms with van der Waals surface area (Å²) in [6.45, 7) is 8.43. The molecular formula is C21H22N2OS. The van der Waals surface area contributed by atoms with Gasteiger partial charge in [0.15, 0.2) is 5.17 Å². The summed E-state index contributed by atoms with van der Waals surface area (Å²) in [4.78, 5) is 17.4. The van der Waals surface area contributed by atoms with Crippen molar-refractivity contribution in [1.82, 2.24) is 5.32 Å². The Kier molecular flexibility index (Phi) is 5.09. The van der Waals surface area contributed by atoms with Crippen molar-refractivity contribution in [2.75, 3.05) is 0 Å². The summed E-state index contributed by atoms with van der Waals surface area (Å²) in [5.74, 6) is 0.406. The Morgan fingerprint density at radius 3 is 2.28 bits per heavy atom. The first kappa shape index (κ1) is 17.5. The molecule has 0 saturated carbocycles. The molecule has 2 aromatic rings. The van der Waals surface area contributed by atoms with Crippen LogP contribution in [0.15, 0.2) is 52.4 Å². The molecule has 1 saturated heterocycles. The number of rotatable bonds is 3. The number of aryl methyl sites for hydroxylation is 2. The maximum absolute atomic E-state index is 12.2. The first-order valence-corrected chi connectivity index (χ1v) is 9.20. The van der Waals surface area contributed by atoms with Crippen LogP contribution in [-0.4, -0.2) is 11.1 Å². The van der Waals surface area contributed by atoms with Gasteiger partial charge in [0.05, 0.1) is 10.6 Å². The normalized spacial score (nSPS) is 17.6. The van der Waals surface area contributed by atoms with E-state index in [4.69, 9.17) is 0 Å². The van der Waals surface area contributed by atoms with Gasteiger partial charge in [0.1, 0.15) is 0 Å². The minimum Gasteiger partial charge on any atom is -0.300 e. The SMILES string of the molecule is Cc1cc(C)cc(N=C2NC(=O)C(=Cc3ccc(C(C)C)cc3)S2)c1. The molecule has 4 heteroatoms. The van der Waals surface area contributed by atoms with Crippen LogP contribution in [0.2, 0.25) is 0 Å². The Balaban J connectivity index is 1.81. The number of nitrogens with zero attached hydrogens (tertiary/aromatic N) is 1. The van der Waals surface area contributed by atoms with E-state index in [9.17, 15) is 4.79 Å². The highest BCUT2D eigenvalue weighted by Gasteiger charge is 2.23. The number of carbonyl (C=O) groups is 1. The monoisotopic (exact) mass is 350 g/mol. The fraction of sp³-hybridized carbons (Fsp3) is 0.238. The molecule has 0 aromatic heterocycles. The Bertz CT molecular complexity index is 844. The molecule has 0 bridgehead atoms. The molecule has 1 aliphatic heterocycles. The zero-order valence-corrected chi connectivity index (χ0v) is 15.8. The maximum atomic E-state index is 12.2. The van der Waals surface area contributed by atoms with E-state index >= 15 is 0 Å². The molecule has 1 fully saturated rings. The number of hydrogen-bond acceptors (Lipinski definition) is 3. The molecule has 0 spiro atoms. The molecule has 1 heterocycles. The fourth-order valence-corrected chi connectivity index (χ4v) is 3.58. The van der Waals surface area contributed by atoms with Gasteiger partial charge in [0.25, 0.3) is 5.91 Å². The molecule has 3 rings (SSSR count). The van der Waals surface area contributed by atoms with Gasteiger partial charge in [-0.15, -0.1) is 0 Å². The third kappa shape index (κ3) is 4.40. The summed E-state index contributed by atoms with van der Waals surface area (Å²) in [5.41, 5.74) is 5.50. The van der Waals surface area contributed by atoms with E-state index in [0.29, 0.717) is 16.0 Å². The minimum atomic E-state index is -0.0962. The lowest BCUT2D eigenvalue weighted by molar-refractivity contribution is -0.115. The van der Waals surface area contributed by atoms with E-state index < -0.39 is 0 Å². The fourth-order valence-electron chi connectivity index (χ4n) is 2.74. The van der Waals surface area contributed by atoms with E-state index in [1.807, 2.05) is 32.1 Å². The zero-order valence-electron chi connectivity index (χ0n) is 15.0. The Hall–Kier alpha value is -2.33. The average Bonchev–Trinajstić information content (AvgIpc) is 2.86. The van der Waals surface area contributed by atoms with Gasteiger partial charge >= 0.3 is 0 Å². The first-order valence-electron chi connectivity index (χ1n) is 8.38. The van der Waals surface area contributed by atoms with E-state index in [1.54, 1.807) is 0 Å². The molecule has 0 unspecified atom stereocenters. The Labute approximate surface area is 153 Å². The predicted octanol–water partition coefficient (Wildman–Crippen LogP) is 5.32. The van der Waals surface area contributed by atoms with Crippen LogP contribution < -0.4 is 5.32 Å². The van der Waals surface area contributed by atoms with Crippen LogP contribution in [0.3, 0.4) is 0 Å². The highest BCUT2D eigenvalue weighted by molar-refractivity contribution is 8.18. The van der Waals surface area contributed by atoms with Crippen LogP contribution in [-0.2, 0) is 4.79 Å². The highest BCUT2D eigenvalue weighted by atomic mass is 32.2. The number of nitrogens with one attached hydrogen (secondary N) is 1. The molecule has 128 valence electrons. The lowest BCUT2D eigenvalue weighted by atomic mass is 10.0. The second kappa shape index (κ2) is 7.28. The van der Waals surface area contributed by atoms with Gasteiger partial charge in [-0.1, -0.05) is 44.2 Å². The van der Waals surface area contributed by atoms with Gasteiger partial charge in [-0.05, 0) is 72.0 Å². The minimum absolute atomic E-state index is 0.0962. The summed E-state index contributed by atoms with van der Waals surface area (Å²) in [6, 6.07) is 14.5. The van der Waals surface area contributed by atoms with Crippen molar-refractivity contribution in [2.45, 2.75) is 33.6 Å². The van der Waals surface area contributed by atoms with Crippen LogP contribution in [0.25, 0.3) is 6.08 Å². The predicted molar refractivity (Wildman–Crippen MR) is 107 cm³/mol. The number of thioether (sulfide) groups is 1. The molecule has 25 heavy (non-hydrogen) atoms. The van der Waals surface area contributed by atoms with Crippen molar-refractivity contribution in [3.8, 4) is 0 Å². The number of hydrogen-bond donors (Lipinski definition) is 1. The van der Waals surface area contributed by atoms with Crippen LogP contribution >= 0.6 is 11.8 Å². The van der Waals surface area contributed by atoms with Crippen molar-refractivity contribution in [2.24, 2.45) is 4.99 Å². The number of benzene rings is 2. The van der Waals surface area contributed by atoms with Gasteiger partial charge in [-0.3, -0.25) is 4.79 Å². The van der Waals surface area contributed by atoms with Crippen LogP contribution in [0.5, 0.6) is 0 Å².